The molecule has 138 valence electrons. The lowest BCUT2D eigenvalue weighted by Crippen LogP contribution is -2.28. The lowest BCUT2D eigenvalue weighted by molar-refractivity contribution is -0.116. The zero-order chi connectivity index (χ0) is 18.7. The number of nitrogens with one attached hydrogen (secondary N) is 1. The number of sulfonamides is 1. The molecule has 0 radical (unpaired) electrons. The number of aryl methyl sites for hydroxylation is 1. The minimum Gasteiger partial charge on any atom is -0.312 e. The quantitative estimate of drug-likeness (QED) is 0.741. The minimum atomic E-state index is -3.65. The summed E-state index contributed by atoms with van der Waals surface area (Å²) in [7, 11) is -3.65. The monoisotopic (exact) mass is 376 g/mol. The average molecular weight is 376 g/mol. The molecule has 0 spiro atoms. The van der Waals surface area contributed by atoms with Gasteiger partial charge in [0.2, 0.25) is 15.9 Å². The van der Waals surface area contributed by atoms with Gasteiger partial charge in [-0.25, -0.2) is 17.8 Å². The average Bonchev–Trinajstić information content (AvgIpc) is 3.03. The molecule has 2 aromatic rings. The van der Waals surface area contributed by atoms with E-state index in [0.29, 0.717) is 25.9 Å². The highest BCUT2D eigenvalue weighted by Crippen LogP contribution is 2.30. The second-order valence-electron chi connectivity index (χ2n) is 6.05. The van der Waals surface area contributed by atoms with Gasteiger partial charge in [-0.05, 0) is 42.7 Å². The molecule has 0 bridgehead atoms. The summed E-state index contributed by atoms with van der Waals surface area (Å²) in [5, 5.41) is 3.93. The Morgan fingerprint density at radius 1 is 1.31 bits per heavy atom. The second-order valence-corrected chi connectivity index (χ2v) is 7.81. The Hall–Kier alpha value is -2.52. The highest BCUT2D eigenvalue weighted by molar-refractivity contribution is 7.89. The number of amides is 1. The summed E-state index contributed by atoms with van der Waals surface area (Å²) < 4.78 is 28.7. The third-order valence-corrected chi connectivity index (χ3v) is 5.72. The van der Waals surface area contributed by atoms with Crippen molar-refractivity contribution in [2.45, 2.75) is 31.2 Å². The molecule has 1 aromatic heterocycles. The Morgan fingerprint density at radius 2 is 2.12 bits per heavy atom. The van der Waals surface area contributed by atoms with Crippen LogP contribution in [0.15, 0.2) is 46.2 Å². The molecule has 0 saturated heterocycles. The van der Waals surface area contributed by atoms with Gasteiger partial charge in [0.1, 0.15) is 0 Å². The zero-order valence-corrected chi connectivity index (χ0v) is 15.2. The molecule has 0 atom stereocenters. The van der Waals surface area contributed by atoms with Crippen LogP contribution in [0.5, 0.6) is 0 Å². The van der Waals surface area contributed by atoms with E-state index in [1.54, 1.807) is 23.1 Å². The largest absolute Gasteiger partial charge is 0.312 e. The van der Waals surface area contributed by atoms with Crippen LogP contribution >= 0.6 is 0 Å². The highest BCUT2D eigenvalue weighted by Gasteiger charge is 2.24. The van der Waals surface area contributed by atoms with Crippen molar-refractivity contribution in [1.82, 2.24) is 14.5 Å². The Morgan fingerprint density at radius 3 is 2.85 bits per heavy atom. The van der Waals surface area contributed by atoms with Gasteiger partial charge in [0.25, 0.3) is 5.56 Å². The number of nitrogens with zero attached hydrogens (tertiary/aromatic N) is 3. The van der Waals surface area contributed by atoms with Crippen LogP contribution in [0.3, 0.4) is 0 Å². The van der Waals surface area contributed by atoms with Gasteiger partial charge in [0.05, 0.1) is 4.90 Å². The van der Waals surface area contributed by atoms with Gasteiger partial charge in [0, 0.05) is 44.5 Å². The number of fused-ring (bicyclic) bond motifs is 1. The van der Waals surface area contributed by atoms with Gasteiger partial charge in [-0.15, -0.1) is 0 Å². The van der Waals surface area contributed by atoms with Crippen molar-refractivity contribution in [3.05, 3.63) is 52.4 Å². The van der Waals surface area contributed by atoms with Crippen LogP contribution in [0.25, 0.3) is 0 Å². The third-order valence-electron chi connectivity index (χ3n) is 4.26. The van der Waals surface area contributed by atoms with Gasteiger partial charge < -0.3 is 4.90 Å². The minimum absolute atomic E-state index is 0.0535. The van der Waals surface area contributed by atoms with Crippen molar-refractivity contribution in [2.24, 2.45) is 0 Å². The summed E-state index contributed by atoms with van der Waals surface area (Å²) in [4.78, 5) is 24.9. The topological polar surface area (TPSA) is 101 Å². The van der Waals surface area contributed by atoms with Crippen LogP contribution in [-0.4, -0.2) is 37.2 Å². The van der Waals surface area contributed by atoms with Crippen LogP contribution in [-0.2, 0) is 27.8 Å². The first-order valence-corrected chi connectivity index (χ1v) is 9.79. The molecule has 8 nitrogen and oxygen atoms in total. The first-order chi connectivity index (χ1) is 12.4. The Balaban J connectivity index is 1.63. The van der Waals surface area contributed by atoms with E-state index < -0.39 is 10.0 Å². The molecule has 0 unspecified atom stereocenters. The van der Waals surface area contributed by atoms with E-state index in [2.05, 4.69) is 9.82 Å². The number of rotatable bonds is 6. The van der Waals surface area contributed by atoms with Crippen molar-refractivity contribution in [3.63, 3.8) is 0 Å². The van der Waals surface area contributed by atoms with Crippen LogP contribution in [0, 0.1) is 0 Å². The van der Waals surface area contributed by atoms with Crippen LogP contribution in [0.1, 0.15) is 18.9 Å². The van der Waals surface area contributed by atoms with Gasteiger partial charge >= 0.3 is 0 Å². The summed E-state index contributed by atoms with van der Waals surface area (Å²) in [5.41, 5.74) is 1.40. The number of aromatic nitrogens is 2. The molecule has 0 aliphatic carbocycles. The van der Waals surface area contributed by atoms with E-state index in [-0.39, 0.29) is 22.9 Å². The van der Waals surface area contributed by atoms with Crippen molar-refractivity contribution in [1.29, 1.82) is 0 Å². The fraction of sp³-hybridized carbons (Fsp3) is 0.353. The Kier molecular flexibility index (Phi) is 5.19. The first kappa shape index (κ1) is 18.3. The van der Waals surface area contributed by atoms with E-state index in [0.717, 1.165) is 11.3 Å². The molecule has 3 rings (SSSR count). The molecule has 9 heteroatoms. The van der Waals surface area contributed by atoms with E-state index in [4.69, 9.17) is 0 Å². The molecule has 1 aromatic carbocycles. The van der Waals surface area contributed by atoms with E-state index in [1.807, 2.05) is 0 Å². The number of hydrogen-bond donors (Lipinski definition) is 1. The Bertz CT molecular complexity index is 984. The summed E-state index contributed by atoms with van der Waals surface area (Å²) in [5.74, 6) is -0.0535. The summed E-state index contributed by atoms with van der Waals surface area (Å²) in [6.45, 7) is 2.59. The number of anilines is 1. The summed E-state index contributed by atoms with van der Waals surface area (Å²) in [6, 6.07) is 7.76. The maximum absolute atomic E-state index is 12.4. The first-order valence-electron chi connectivity index (χ1n) is 8.31. The van der Waals surface area contributed by atoms with Gasteiger partial charge in [-0.2, -0.15) is 5.10 Å². The molecule has 1 amide bonds. The van der Waals surface area contributed by atoms with Crippen molar-refractivity contribution in [3.8, 4) is 0 Å². The normalized spacial score (nSPS) is 13.7. The molecular weight excluding hydrogens is 356 g/mol. The maximum atomic E-state index is 12.4. The zero-order valence-electron chi connectivity index (χ0n) is 14.4. The summed E-state index contributed by atoms with van der Waals surface area (Å²) in [6.07, 6.45) is 2.60. The van der Waals surface area contributed by atoms with Crippen molar-refractivity contribution in [2.75, 3.05) is 18.0 Å². The fourth-order valence-electron chi connectivity index (χ4n) is 2.95. The highest BCUT2D eigenvalue weighted by atomic mass is 32.2. The molecule has 26 heavy (non-hydrogen) atoms. The van der Waals surface area contributed by atoms with Crippen molar-refractivity contribution < 1.29 is 13.2 Å². The molecule has 0 saturated carbocycles. The molecular formula is C17H20N4O4S. The lowest BCUT2D eigenvalue weighted by atomic mass is 10.2. The number of carbonyl (C=O) groups excluding carboxylic acids is 1. The maximum Gasteiger partial charge on any atom is 0.266 e. The second kappa shape index (κ2) is 7.38. The number of carbonyl (C=O) groups is 1. The molecule has 1 N–H and O–H groups in total. The van der Waals surface area contributed by atoms with Crippen LogP contribution in [0.4, 0.5) is 5.69 Å². The number of hydrogen-bond acceptors (Lipinski definition) is 5. The van der Waals surface area contributed by atoms with Gasteiger partial charge in [-0.3, -0.25) is 9.59 Å². The molecule has 1 aliphatic rings. The smallest absolute Gasteiger partial charge is 0.266 e. The predicted octanol–water partition coefficient (Wildman–Crippen LogP) is 0.521. The molecule has 0 fully saturated rings. The fourth-order valence-corrected chi connectivity index (χ4v) is 4.07. The number of benzene rings is 1. The van der Waals surface area contributed by atoms with Gasteiger partial charge in [-0.1, -0.05) is 0 Å². The van der Waals surface area contributed by atoms with Crippen molar-refractivity contribution >= 4 is 21.6 Å². The van der Waals surface area contributed by atoms with E-state index in [1.165, 1.54) is 29.9 Å². The van der Waals surface area contributed by atoms with Crippen LogP contribution < -0.4 is 15.2 Å². The Labute approximate surface area is 151 Å². The molecule has 2 heterocycles. The van der Waals surface area contributed by atoms with E-state index in [9.17, 15) is 18.0 Å². The summed E-state index contributed by atoms with van der Waals surface area (Å²) >= 11 is 0. The predicted molar refractivity (Wildman–Crippen MR) is 96.5 cm³/mol. The van der Waals surface area contributed by atoms with Gasteiger partial charge in [0.15, 0.2) is 0 Å². The third kappa shape index (κ3) is 3.83. The van der Waals surface area contributed by atoms with Crippen LogP contribution in [0.2, 0.25) is 0 Å². The standard InChI is InChI=1S/C17H20N4O4S/c1-13(22)20-11-7-14-12-15(5-6-16(14)20)26(24,25)19-9-3-10-21-17(23)4-2-8-18-21/h2,4-6,8,12,19H,3,7,9-11H2,1H3. The SMILES string of the molecule is CC(=O)N1CCc2cc(S(=O)(=O)NCCCn3ncccc3=O)ccc21. The lowest BCUT2D eigenvalue weighted by Gasteiger charge is -2.15. The molecule has 1 aliphatic heterocycles. The van der Waals surface area contributed by atoms with E-state index >= 15 is 0 Å².